The zero-order valence-electron chi connectivity index (χ0n) is 15.4. The number of benzene rings is 2. The van der Waals surface area contributed by atoms with E-state index in [2.05, 4.69) is 23.2 Å². The van der Waals surface area contributed by atoms with E-state index in [9.17, 15) is 4.79 Å². The summed E-state index contributed by atoms with van der Waals surface area (Å²) < 4.78 is 5.72. The third-order valence-electron chi connectivity index (χ3n) is 3.97. The lowest BCUT2D eigenvalue weighted by atomic mass is 10.2. The highest BCUT2D eigenvalue weighted by Gasteiger charge is 2.11. The van der Waals surface area contributed by atoms with Gasteiger partial charge in [0.1, 0.15) is 12.4 Å². The van der Waals surface area contributed by atoms with Gasteiger partial charge in [0, 0.05) is 12.2 Å². The second-order valence-electron chi connectivity index (χ2n) is 6.13. The van der Waals surface area contributed by atoms with Crippen molar-refractivity contribution >= 4 is 11.6 Å². The lowest BCUT2D eigenvalue weighted by Crippen LogP contribution is -2.36. The van der Waals surface area contributed by atoms with Crippen LogP contribution in [0.15, 0.2) is 48.5 Å². The van der Waals surface area contributed by atoms with Crippen LogP contribution in [0, 0.1) is 18.3 Å². The topological polar surface area (TPSA) is 65.4 Å². The van der Waals surface area contributed by atoms with Crippen molar-refractivity contribution < 1.29 is 9.53 Å². The van der Waals surface area contributed by atoms with Gasteiger partial charge in [-0.15, -0.1) is 0 Å². The molecule has 0 atom stereocenters. The van der Waals surface area contributed by atoms with E-state index in [1.807, 2.05) is 37.3 Å². The number of amides is 1. The molecule has 0 radical (unpaired) electrons. The Bertz CT molecular complexity index is 768. The Morgan fingerprint density at radius 1 is 1.19 bits per heavy atom. The quantitative estimate of drug-likeness (QED) is 0.750. The van der Waals surface area contributed by atoms with Crippen molar-refractivity contribution in [2.75, 3.05) is 31.6 Å². The highest BCUT2D eigenvalue weighted by molar-refractivity contribution is 5.92. The molecule has 0 aliphatic rings. The molecule has 0 fully saturated rings. The van der Waals surface area contributed by atoms with E-state index in [1.54, 1.807) is 18.2 Å². The van der Waals surface area contributed by atoms with Crippen LogP contribution in [-0.2, 0) is 4.79 Å². The molecule has 5 nitrogen and oxygen atoms in total. The third-order valence-corrected chi connectivity index (χ3v) is 3.97. The summed E-state index contributed by atoms with van der Waals surface area (Å²) in [7, 11) is 0. The Labute approximate surface area is 155 Å². The minimum atomic E-state index is -0.0285. The monoisotopic (exact) mass is 351 g/mol. The van der Waals surface area contributed by atoms with E-state index in [1.165, 1.54) is 0 Å². The van der Waals surface area contributed by atoms with Crippen molar-refractivity contribution in [2.24, 2.45) is 0 Å². The van der Waals surface area contributed by atoms with Crippen LogP contribution in [-0.4, -0.2) is 37.0 Å². The van der Waals surface area contributed by atoms with Crippen molar-refractivity contribution in [3.8, 4) is 11.8 Å². The fraction of sp³-hybridized carbons (Fsp3) is 0.333. The van der Waals surface area contributed by atoms with Gasteiger partial charge in [-0.1, -0.05) is 31.2 Å². The van der Waals surface area contributed by atoms with Crippen LogP contribution >= 0.6 is 0 Å². The van der Waals surface area contributed by atoms with Gasteiger partial charge in [0.2, 0.25) is 5.91 Å². The summed E-state index contributed by atoms with van der Waals surface area (Å²) in [5.41, 5.74) is 2.47. The Morgan fingerprint density at radius 2 is 2.00 bits per heavy atom. The molecule has 26 heavy (non-hydrogen) atoms. The summed E-state index contributed by atoms with van der Waals surface area (Å²) >= 11 is 0. The maximum atomic E-state index is 12.3. The smallest absolute Gasteiger partial charge is 0.238 e. The molecule has 2 aromatic rings. The summed E-state index contributed by atoms with van der Waals surface area (Å²) in [6.45, 7) is 6.32. The fourth-order valence-corrected chi connectivity index (χ4v) is 2.64. The zero-order valence-corrected chi connectivity index (χ0v) is 15.4. The molecule has 0 saturated carbocycles. The summed E-state index contributed by atoms with van der Waals surface area (Å²) in [5, 5.41) is 11.9. The third kappa shape index (κ3) is 6.23. The van der Waals surface area contributed by atoms with Crippen LogP contribution in [0.3, 0.4) is 0 Å². The number of nitrogens with zero attached hydrogens (tertiary/aromatic N) is 2. The molecular formula is C21H25N3O2. The molecule has 0 bridgehead atoms. The number of aryl methyl sites for hydroxylation is 1. The number of hydrogen-bond donors (Lipinski definition) is 1. The van der Waals surface area contributed by atoms with E-state index < -0.39 is 0 Å². The Kier molecular flexibility index (Phi) is 7.66. The molecule has 0 unspecified atom stereocenters. The maximum absolute atomic E-state index is 12.3. The number of carbonyl (C=O) groups excluding carboxylic acids is 1. The predicted octanol–water partition coefficient (Wildman–Crippen LogP) is 3.60. The summed E-state index contributed by atoms with van der Waals surface area (Å²) in [5.74, 6) is 0.643. The maximum Gasteiger partial charge on any atom is 0.238 e. The van der Waals surface area contributed by atoms with E-state index in [-0.39, 0.29) is 5.91 Å². The van der Waals surface area contributed by atoms with E-state index in [4.69, 9.17) is 10.00 Å². The van der Waals surface area contributed by atoms with E-state index >= 15 is 0 Å². The number of anilines is 1. The summed E-state index contributed by atoms with van der Waals surface area (Å²) in [6.07, 6.45) is 0.960. The number of carbonyl (C=O) groups is 1. The number of rotatable bonds is 9. The molecule has 0 aliphatic carbocycles. The second kappa shape index (κ2) is 10.2. The van der Waals surface area contributed by atoms with Crippen LogP contribution in [0.1, 0.15) is 24.5 Å². The first-order chi connectivity index (χ1) is 12.6. The van der Waals surface area contributed by atoms with Crippen LogP contribution in [0.5, 0.6) is 5.75 Å². The predicted molar refractivity (Wildman–Crippen MR) is 103 cm³/mol. The lowest BCUT2D eigenvalue weighted by molar-refractivity contribution is -0.117. The number of hydrogen-bond acceptors (Lipinski definition) is 4. The van der Waals surface area contributed by atoms with Crippen molar-refractivity contribution in [1.29, 1.82) is 5.26 Å². The Morgan fingerprint density at radius 3 is 2.73 bits per heavy atom. The van der Waals surface area contributed by atoms with E-state index in [0.29, 0.717) is 31.0 Å². The molecule has 1 amide bonds. The first kappa shape index (κ1) is 19.5. The lowest BCUT2D eigenvalue weighted by Gasteiger charge is -2.21. The summed E-state index contributed by atoms with van der Waals surface area (Å²) in [4.78, 5) is 14.4. The number of nitriles is 1. The number of ether oxygens (including phenoxy) is 1. The van der Waals surface area contributed by atoms with Gasteiger partial charge in [-0.3, -0.25) is 9.69 Å². The van der Waals surface area contributed by atoms with Gasteiger partial charge in [0.05, 0.1) is 18.2 Å². The van der Waals surface area contributed by atoms with Gasteiger partial charge >= 0.3 is 0 Å². The van der Waals surface area contributed by atoms with Crippen molar-refractivity contribution in [1.82, 2.24) is 4.90 Å². The number of para-hydroxylation sites is 1. The highest BCUT2D eigenvalue weighted by atomic mass is 16.5. The van der Waals surface area contributed by atoms with Gasteiger partial charge in [-0.05, 0) is 49.7 Å². The average molecular weight is 351 g/mol. The second-order valence-corrected chi connectivity index (χ2v) is 6.13. The molecule has 136 valence electrons. The van der Waals surface area contributed by atoms with Gasteiger partial charge in [0.15, 0.2) is 0 Å². The van der Waals surface area contributed by atoms with Crippen molar-refractivity contribution in [3.05, 3.63) is 59.7 Å². The normalized spacial score (nSPS) is 10.4. The van der Waals surface area contributed by atoms with Gasteiger partial charge in [0.25, 0.3) is 0 Å². The molecule has 2 rings (SSSR count). The zero-order chi connectivity index (χ0) is 18.8. The highest BCUT2D eigenvalue weighted by Crippen LogP contribution is 2.14. The first-order valence-electron chi connectivity index (χ1n) is 8.83. The molecule has 0 aromatic heterocycles. The van der Waals surface area contributed by atoms with Crippen LogP contribution in [0.25, 0.3) is 0 Å². The fourth-order valence-electron chi connectivity index (χ4n) is 2.64. The minimum Gasteiger partial charge on any atom is -0.492 e. The molecule has 0 aliphatic heterocycles. The number of nitrogens with one attached hydrogen (secondary N) is 1. The Balaban J connectivity index is 1.84. The van der Waals surface area contributed by atoms with Crippen molar-refractivity contribution in [3.63, 3.8) is 0 Å². The molecular weight excluding hydrogens is 326 g/mol. The van der Waals surface area contributed by atoms with Gasteiger partial charge < -0.3 is 10.1 Å². The van der Waals surface area contributed by atoms with Crippen LogP contribution in [0.4, 0.5) is 5.69 Å². The van der Waals surface area contributed by atoms with Gasteiger partial charge in [-0.25, -0.2) is 0 Å². The Hall–Kier alpha value is -2.84. The molecule has 2 aromatic carbocycles. The van der Waals surface area contributed by atoms with Gasteiger partial charge in [-0.2, -0.15) is 5.26 Å². The molecule has 0 saturated heterocycles. The standard InChI is InChI=1S/C21H25N3O2/c1-3-11-24(12-13-26-19-9-6-8-18(14-19)15-22)16-21(25)23-20-10-5-4-7-17(20)2/h4-10,14H,3,11-13,16H2,1-2H3,(H,23,25). The first-order valence-corrected chi connectivity index (χ1v) is 8.83. The molecule has 0 spiro atoms. The molecule has 0 heterocycles. The average Bonchev–Trinajstić information content (AvgIpc) is 2.64. The molecule has 5 heteroatoms. The minimum absolute atomic E-state index is 0.0285. The SMILES string of the molecule is CCCN(CCOc1cccc(C#N)c1)CC(=O)Nc1ccccc1C. The van der Waals surface area contributed by atoms with Crippen LogP contribution in [0.2, 0.25) is 0 Å². The van der Waals surface area contributed by atoms with Crippen molar-refractivity contribution in [2.45, 2.75) is 20.3 Å². The van der Waals surface area contributed by atoms with E-state index in [0.717, 1.165) is 24.2 Å². The summed E-state index contributed by atoms with van der Waals surface area (Å²) in [6, 6.07) is 16.9. The van der Waals surface area contributed by atoms with Crippen LogP contribution < -0.4 is 10.1 Å². The largest absolute Gasteiger partial charge is 0.492 e. The molecule has 1 N–H and O–H groups in total.